The van der Waals surface area contributed by atoms with Crippen LogP contribution in [-0.2, 0) is 4.79 Å². The summed E-state index contributed by atoms with van der Waals surface area (Å²) < 4.78 is 0. The van der Waals surface area contributed by atoms with Gasteiger partial charge >= 0.3 is 0 Å². The van der Waals surface area contributed by atoms with Crippen molar-refractivity contribution in [2.24, 2.45) is 0 Å². The van der Waals surface area contributed by atoms with E-state index in [0.29, 0.717) is 24.6 Å². The van der Waals surface area contributed by atoms with E-state index in [1.54, 1.807) is 24.3 Å². The van der Waals surface area contributed by atoms with E-state index in [2.05, 4.69) is 29.4 Å². The number of H-pyrrole nitrogens is 1. The molecule has 1 aliphatic rings. The van der Waals surface area contributed by atoms with E-state index in [-0.39, 0.29) is 18.4 Å². The number of nitrogens with zero attached hydrogens (tertiary/aromatic N) is 2. The van der Waals surface area contributed by atoms with Gasteiger partial charge in [-0.05, 0) is 49.6 Å². The van der Waals surface area contributed by atoms with E-state index in [0.717, 1.165) is 29.7 Å². The smallest absolute Gasteiger partial charge is 0.251 e. The molecule has 3 aromatic rings. The largest absolute Gasteiger partial charge is 0.343 e. The first-order valence-electron chi connectivity index (χ1n) is 9.67. The molecule has 0 atom stereocenters. The number of piperidine rings is 1. The highest BCUT2D eigenvalue weighted by Crippen LogP contribution is 2.28. The van der Waals surface area contributed by atoms with Crippen molar-refractivity contribution in [1.29, 1.82) is 0 Å². The summed E-state index contributed by atoms with van der Waals surface area (Å²) in [4.78, 5) is 34.5. The van der Waals surface area contributed by atoms with Crippen LogP contribution in [0.4, 0.5) is 0 Å². The van der Waals surface area contributed by atoms with Crippen LogP contribution in [0.1, 0.15) is 40.5 Å². The topological polar surface area (TPSA) is 78.1 Å². The number of carbonyl (C=O) groups is 2. The van der Waals surface area contributed by atoms with Crippen molar-refractivity contribution < 1.29 is 9.59 Å². The molecule has 0 spiro atoms. The van der Waals surface area contributed by atoms with Crippen LogP contribution >= 0.6 is 0 Å². The normalized spacial score (nSPS) is 15.0. The Morgan fingerprint density at radius 2 is 1.89 bits per heavy atom. The molecule has 28 heavy (non-hydrogen) atoms. The van der Waals surface area contributed by atoms with Crippen LogP contribution in [-0.4, -0.2) is 46.3 Å². The van der Waals surface area contributed by atoms with Crippen LogP contribution < -0.4 is 5.32 Å². The Kier molecular flexibility index (Phi) is 5.10. The second kappa shape index (κ2) is 7.84. The van der Waals surface area contributed by atoms with Gasteiger partial charge < -0.3 is 15.2 Å². The number of amides is 2. The molecule has 4 rings (SSSR count). The maximum atomic E-state index is 12.4. The molecule has 2 aromatic carbocycles. The lowest BCUT2D eigenvalue weighted by atomic mass is 9.96. The fourth-order valence-electron chi connectivity index (χ4n) is 3.70. The Hall–Kier alpha value is -3.15. The van der Waals surface area contributed by atoms with Crippen molar-refractivity contribution in [2.75, 3.05) is 19.6 Å². The Morgan fingerprint density at radius 3 is 2.64 bits per heavy atom. The predicted molar refractivity (Wildman–Crippen MR) is 108 cm³/mol. The number of hydrogen-bond acceptors (Lipinski definition) is 3. The molecule has 1 fully saturated rings. The molecule has 1 saturated heterocycles. The first-order chi connectivity index (χ1) is 13.6. The maximum absolute atomic E-state index is 12.4. The fourth-order valence-corrected chi connectivity index (χ4v) is 3.70. The van der Waals surface area contributed by atoms with Crippen molar-refractivity contribution >= 4 is 22.8 Å². The van der Waals surface area contributed by atoms with Crippen molar-refractivity contribution in [1.82, 2.24) is 20.2 Å². The first-order valence-corrected chi connectivity index (χ1v) is 9.67. The highest BCUT2D eigenvalue weighted by molar-refractivity contribution is 5.96. The van der Waals surface area contributed by atoms with E-state index >= 15 is 0 Å². The van der Waals surface area contributed by atoms with Crippen LogP contribution in [0, 0.1) is 6.92 Å². The number of carbonyl (C=O) groups excluding carboxylic acids is 2. The quantitative estimate of drug-likeness (QED) is 0.735. The minimum atomic E-state index is -0.221. The highest BCUT2D eigenvalue weighted by Gasteiger charge is 2.26. The number of imidazole rings is 1. The second-order valence-electron chi connectivity index (χ2n) is 7.35. The molecule has 144 valence electrons. The lowest BCUT2D eigenvalue weighted by Gasteiger charge is -2.31. The summed E-state index contributed by atoms with van der Waals surface area (Å²) in [5.41, 5.74) is 3.83. The lowest BCUT2D eigenvalue weighted by molar-refractivity contribution is -0.131. The number of likely N-dealkylation sites (tertiary alicyclic amines) is 1. The van der Waals surface area contributed by atoms with Gasteiger partial charge in [0.2, 0.25) is 5.91 Å². The molecular weight excluding hydrogens is 352 g/mol. The van der Waals surface area contributed by atoms with Crippen LogP contribution in [0.5, 0.6) is 0 Å². The number of fused-ring (bicyclic) bond motifs is 1. The van der Waals surface area contributed by atoms with Gasteiger partial charge in [-0.2, -0.15) is 0 Å². The Bertz CT molecular complexity index is 988. The van der Waals surface area contributed by atoms with E-state index in [9.17, 15) is 9.59 Å². The molecule has 0 unspecified atom stereocenters. The molecule has 1 aliphatic heterocycles. The SMILES string of the molecule is Cc1ccc2nc(C3CCN(C(=O)CNC(=O)c4ccccc4)CC3)[nH]c2c1. The summed E-state index contributed by atoms with van der Waals surface area (Å²) in [6.07, 6.45) is 1.74. The summed E-state index contributed by atoms with van der Waals surface area (Å²) in [5, 5.41) is 2.71. The number of aromatic nitrogens is 2. The molecule has 2 N–H and O–H groups in total. The fraction of sp³-hybridized carbons (Fsp3) is 0.318. The molecule has 6 heteroatoms. The van der Waals surface area contributed by atoms with Gasteiger partial charge in [-0.3, -0.25) is 9.59 Å². The van der Waals surface area contributed by atoms with E-state index < -0.39 is 0 Å². The van der Waals surface area contributed by atoms with Gasteiger partial charge in [0.25, 0.3) is 5.91 Å². The third kappa shape index (κ3) is 3.91. The molecule has 0 saturated carbocycles. The average molecular weight is 376 g/mol. The summed E-state index contributed by atoms with van der Waals surface area (Å²) in [6, 6.07) is 15.2. The lowest BCUT2D eigenvalue weighted by Crippen LogP contribution is -2.43. The number of rotatable bonds is 4. The summed E-state index contributed by atoms with van der Waals surface area (Å²) in [5.74, 6) is 1.07. The Balaban J connectivity index is 1.30. The van der Waals surface area contributed by atoms with Gasteiger partial charge in [0.15, 0.2) is 0 Å². The number of nitrogens with one attached hydrogen (secondary N) is 2. The predicted octanol–water partition coefficient (Wildman–Crippen LogP) is 3.01. The molecule has 0 radical (unpaired) electrons. The van der Waals surface area contributed by atoms with Crippen LogP contribution in [0.3, 0.4) is 0 Å². The highest BCUT2D eigenvalue weighted by atomic mass is 16.2. The van der Waals surface area contributed by atoms with Crippen molar-refractivity contribution in [2.45, 2.75) is 25.7 Å². The van der Waals surface area contributed by atoms with Crippen LogP contribution in [0.15, 0.2) is 48.5 Å². The zero-order chi connectivity index (χ0) is 19.5. The van der Waals surface area contributed by atoms with Gasteiger partial charge in [0, 0.05) is 24.6 Å². The third-order valence-corrected chi connectivity index (χ3v) is 5.33. The number of aryl methyl sites for hydroxylation is 1. The van der Waals surface area contributed by atoms with Crippen molar-refractivity contribution in [3.8, 4) is 0 Å². The monoisotopic (exact) mass is 376 g/mol. The molecule has 2 heterocycles. The van der Waals surface area contributed by atoms with Gasteiger partial charge in [-0.15, -0.1) is 0 Å². The molecule has 6 nitrogen and oxygen atoms in total. The zero-order valence-electron chi connectivity index (χ0n) is 15.9. The molecule has 0 aliphatic carbocycles. The average Bonchev–Trinajstić information content (AvgIpc) is 3.15. The van der Waals surface area contributed by atoms with E-state index in [1.807, 2.05) is 17.0 Å². The molecule has 2 amide bonds. The summed E-state index contributed by atoms with van der Waals surface area (Å²) in [6.45, 7) is 3.46. The summed E-state index contributed by atoms with van der Waals surface area (Å²) in [7, 11) is 0. The van der Waals surface area contributed by atoms with Gasteiger partial charge in [0.05, 0.1) is 17.6 Å². The van der Waals surface area contributed by atoms with Gasteiger partial charge in [-0.25, -0.2) is 4.98 Å². The zero-order valence-corrected chi connectivity index (χ0v) is 15.9. The minimum Gasteiger partial charge on any atom is -0.343 e. The van der Waals surface area contributed by atoms with Crippen molar-refractivity contribution in [3.05, 3.63) is 65.5 Å². The number of benzene rings is 2. The van der Waals surface area contributed by atoms with Crippen LogP contribution in [0.2, 0.25) is 0 Å². The number of hydrogen-bond donors (Lipinski definition) is 2. The Morgan fingerprint density at radius 1 is 1.14 bits per heavy atom. The minimum absolute atomic E-state index is 0.0301. The summed E-state index contributed by atoms with van der Waals surface area (Å²) >= 11 is 0. The van der Waals surface area contributed by atoms with E-state index in [4.69, 9.17) is 4.98 Å². The first kappa shape index (κ1) is 18.2. The Labute approximate surface area is 164 Å². The molecular formula is C22H24N4O2. The second-order valence-corrected chi connectivity index (χ2v) is 7.35. The third-order valence-electron chi connectivity index (χ3n) is 5.33. The molecule has 1 aromatic heterocycles. The van der Waals surface area contributed by atoms with E-state index in [1.165, 1.54) is 5.56 Å². The maximum Gasteiger partial charge on any atom is 0.251 e. The standard InChI is InChI=1S/C22H24N4O2/c1-15-7-8-18-19(13-15)25-21(24-18)16-9-11-26(12-10-16)20(27)14-23-22(28)17-5-3-2-4-6-17/h2-8,13,16H,9-12,14H2,1H3,(H,23,28)(H,24,25). The number of aromatic amines is 1. The van der Waals surface area contributed by atoms with Gasteiger partial charge in [0.1, 0.15) is 5.82 Å². The van der Waals surface area contributed by atoms with Crippen LogP contribution in [0.25, 0.3) is 11.0 Å². The van der Waals surface area contributed by atoms with Crippen molar-refractivity contribution in [3.63, 3.8) is 0 Å². The molecule has 0 bridgehead atoms. The van der Waals surface area contributed by atoms with Gasteiger partial charge in [-0.1, -0.05) is 24.3 Å².